The Bertz CT molecular complexity index is 841. The lowest BCUT2D eigenvalue weighted by Gasteiger charge is -2.31. The summed E-state index contributed by atoms with van der Waals surface area (Å²) in [7, 11) is 5.85. The van der Waals surface area contributed by atoms with Gasteiger partial charge in [-0.15, -0.1) is 24.0 Å². The fourth-order valence-corrected chi connectivity index (χ4v) is 4.01. The van der Waals surface area contributed by atoms with Gasteiger partial charge in [0.2, 0.25) is 0 Å². The van der Waals surface area contributed by atoms with Gasteiger partial charge in [-0.05, 0) is 24.1 Å². The predicted molar refractivity (Wildman–Crippen MR) is 135 cm³/mol. The van der Waals surface area contributed by atoms with Crippen LogP contribution in [0.3, 0.4) is 0 Å². The first kappa shape index (κ1) is 25.0. The molecule has 30 heavy (non-hydrogen) atoms. The fourth-order valence-electron chi connectivity index (χ4n) is 3.74. The van der Waals surface area contributed by atoms with Gasteiger partial charge in [0.25, 0.3) is 0 Å². The first-order valence-electron chi connectivity index (χ1n) is 10.1. The highest BCUT2D eigenvalue weighted by Gasteiger charge is 2.16. The van der Waals surface area contributed by atoms with Crippen molar-refractivity contribution < 1.29 is 4.74 Å². The van der Waals surface area contributed by atoms with E-state index < -0.39 is 0 Å². The van der Waals surface area contributed by atoms with Crippen LogP contribution in [0.2, 0.25) is 5.02 Å². The molecular weight excluding hydrogens is 513 g/mol. The molecule has 2 aromatic rings. The van der Waals surface area contributed by atoms with E-state index in [0.29, 0.717) is 6.10 Å². The predicted octanol–water partition coefficient (Wildman–Crippen LogP) is 3.72. The number of guanidine groups is 1. The summed E-state index contributed by atoms with van der Waals surface area (Å²) in [5.41, 5.74) is 3.72. The molecule has 0 saturated carbocycles. The Morgan fingerprint density at radius 2 is 2.10 bits per heavy atom. The van der Waals surface area contributed by atoms with Crippen LogP contribution in [0.4, 0.5) is 0 Å². The molecule has 0 aliphatic carbocycles. The van der Waals surface area contributed by atoms with Gasteiger partial charge in [0.15, 0.2) is 5.96 Å². The van der Waals surface area contributed by atoms with Crippen LogP contribution in [-0.4, -0.2) is 60.2 Å². The summed E-state index contributed by atoms with van der Waals surface area (Å²) in [5.74, 6) is 0.856. The van der Waals surface area contributed by atoms with E-state index in [9.17, 15) is 0 Å². The van der Waals surface area contributed by atoms with Gasteiger partial charge < -0.3 is 19.5 Å². The van der Waals surface area contributed by atoms with Crippen LogP contribution >= 0.6 is 35.6 Å². The summed E-state index contributed by atoms with van der Waals surface area (Å²) >= 11 is 6.10. The quantitative estimate of drug-likeness (QED) is 0.341. The van der Waals surface area contributed by atoms with Crippen molar-refractivity contribution in [1.82, 2.24) is 19.7 Å². The van der Waals surface area contributed by atoms with Crippen molar-refractivity contribution in [3.63, 3.8) is 0 Å². The van der Waals surface area contributed by atoms with Crippen molar-refractivity contribution >= 4 is 41.5 Å². The summed E-state index contributed by atoms with van der Waals surface area (Å²) in [5, 5.41) is 4.22. The zero-order valence-electron chi connectivity index (χ0n) is 18.3. The molecular formula is C22H33ClIN5O. The lowest BCUT2D eigenvalue weighted by Crippen LogP contribution is -2.40. The Balaban J connectivity index is 0.00000320. The summed E-state index contributed by atoms with van der Waals surface area (Å²) in [6.45, 7) is 7.37. The minimum atomic E-state index is 0. The smallest absolute Gasteiger partial charge is 0.194 e. The molecule has 0 radical (unpaired) electrons. The first-order chi connectivity index (χ1) is 13.9. The van der Waals surface area contributed by atoms with Crippen LogP contribution in [0.15, 0.2) is 41.5 Å². The molecule has 1 N–H and O–H groups in total. The molecule has 1 aliphatic heterocycles. The minimum absolute atomic E-state index is 0. The third-order valence-electron chi connectivity index (χ3n) is 5.22. The number of benzene rings is 1. The van der Waals surface area contributed by atoms with E-state index in [-0.39, 0.29) is 24.0 Å². The van der Waals surface area contributed by atoms with Crippen LogP contribution < -0.4 is 5.32 Å². The number of nitrogens with one attached hydrogen (secondary N) is 1. The van der Waals surface area contributed by atoms with Gasteiger partial charge in [0.1, 0.15) is 0 Å². The maximum Gasteiger partial charge on any atom is 0.194 e. The lowest BCUT2D eigenvalue weighted by atomic mass is 10.1. The zero-order valence-corrected chi connectivity index (χ0v) is 21.4. The Morgan fingerprint density at radius 3 is 2.77 bits per heavy atom. The number of ether oxygens (including phenoxy) is 1. The Kier molecular flexibility index (Phi) is 9.93. The average Bonchev–Trinajstić information content (AvgIpc) is 2.99. The van der Waals surface area contributed by atoms with Crippen molar-refractivity contribution in [3.05, 3.63) is 58.4 Å². The third-order valence-corrected chi connectivity index (χ3v) is 5.43. The molecule has 1 unspecified atom stereocenters. The van der Waals surface area contributed by atoms with E-state index in [1.54, 1.807) is 0 Å². The number of aryl methyl sites for hydroxylation is 1. The molecule has 1 aromatic carbocycles. The van der Waals surface area contributed by atoms with Gasteiger partial charge in [-0.25, -0.2) is 0 Å². The molecule has 0 bridgehead atoms. The van der Waals surface area contributed by atoms with Crippen molar-refractivity contribution in [2.45, 2.75) is 32.7 Å². The molecule has 1 saturated heterocycles. The molecule has 166 valence electrons. The van der Waals surface area contributed by atoms with Gasteiger partial charge in [-0.3, -0.25) is 9.89 Å². The first-order valence-corrected chi connectivity index (χ1v) is 10.5. The van der Waals surface area contributed by atoms with Crippen molar-refractivity contribution in [2.75, 3.05) is 33.8 Å². The van der Waals surface area contributed by atoms with E-state index in [1.165, 1.54) is 11.1 Å². The number of rotatable bonds is 6. The molecule has 8 heteroatoms. The molecule has 6 nitrogen and oxygen atoms in total. The molecule has 1 aliphatic rings. The van der Waals surface area contributed by atoms with Gasteiger partial charge in [0.05, 0.1) is 24.3 Å². The number of hydrogen-bond donors (Lipinski definition) is 1. The standard InChI is InChI=1S/C22H32ClN5O.HI/c1-17-13-28(8-9-29-17)14-19-7-5-6-18(10-19)12-25-22(24-2)27(4)16-21-11-20(23)15-26(21)3;/h5-7,10-11,15,17H,8-9,12-14,16H2,1-4H3,(H,24,25);1H. The topological polar surface area (TPSA) is 45.0 Å². The van der Waals surface area contributed by atoms with E-state index in [2.05, 4.69) is 51.3 Å². The van der Waals surface area contributed by atoms with Crippen molar-refractivity contribution in [2.24, 2.45) is 12.0 Å². The number of aliphatic imine (C=N–C) groups is 1. The van der Waals surface area contributed by atoms with Crippen LogP contribution in [0, 0.1) is 0 Å². The summed E-state index contributed by atoms with van der Waals surface area (Å²) < 4.78 is 7.69. The van der Waals surface area contributed by atoms with E-state index in [4.69, 9.17) is 16.3 Å². The van der Waals surface area contributed by atoms with Gasteiger partial charge >= 0.3 is 0 Å². The lowest BCUT2D eigenvalue weighted by molar-refractivity contribution is -0.0212. The highest BCUT2D eigenvalue weighted by atomic mass is 127. The third kappa shape index (κ3) is 7.14. The molecule has 0 spiro atoms. The summed E-state index contributed by atoms with van der Waals surface area (Å²) in [4.78, 5) is 8.99. The fraction of sp³-hybridized carbons (Fsp3) is 0.500. The summed E-state index contributed by atoms with van der Waals surface area (Å²) in [6, 6.07) is 10.7. The molecule has 1 aromatic heterocycles. The maximum atomic E-state index is 6.10. The van der Waals surface area contributed by atoms with E-state index >= 15 is 0 Å². The highest BCUT2D eigenvalue weighted by Crippen LogP contribution is 2.15. The average molecular weight is 546 g/mol. The highest BCUT2D eigenvalue weighted by molar-refractivity contribution is 14.0. The molecule has 1 atom stereocenters. The second-order valence-electron chi connectivity index (χ2n) is 7.75. The Labute approximate surface area is 202 Å². The molecule has 2 heterocycles. The van der Waals surface area contributed by atoms with Gasteiger partial charge in [0, 0.05) is 59.2 Å². The largest absolute Gasteiger partial charge is 0.376 e. The Hall–Kier alpha value is -1.29. The summed E-state index contributed by atoms with van der Waals surface area (Å²) in [6.07, 6.45) is 2.23. The van der Waals surface area contributed by atoms with Gasteiger partial charge in [-0.1, -0.05) is 35.9 Å². The van der Waals surface area contributed by atoms with Crippen LogP contribution in [0.1, 0.15) is 23.7 Å². The monoisotopic (exact) mass is 545 g/mol. The van der Waals surface area contributed by atoms with Crippen LogP contribution in [-0.2, 0) is 31.4 Å². The van der Waals surface area contributed by atoms with Gasteiger partial charge in [-0.2, -0.15) is 0 Å². The molecule has 0 amide bonds. The van der Waals surface area contributed by atoms with Crippen LogP contribution in [0.25, 0.3) is 0 Å². The number of morpholine rings is 1. The van der Waals surface area contributed by atoms with E-state index in [0.717, 1.165) is 56.0 Å². The number of aromatic nitrogens is 1. The minimum Gasteiger partial charge on any atom is -0.376 e. The van der Waals surface area contributed by atoms with E-state index in [1.807, 2.05) is 38.0 Å². The molecule has 1 fully saturated rings. The molecule has 3 rings (SSSR count). The zero-order chi connectivity index (χ0) is 20.8. The van der Waals surface area contributed by atoms with Crippen molar-refractivity contribution in [3.8, 4) is 0 Å². The number of hydrogen-bond acceptors (Lipinski definition) is 3. The maximum absolute atomic E-state index is 6.10. The number of halogens is 2. The second-order valence-corrected chi connectivity index (χ2v) is 8.19. The van der Waals surface area contributed by atoms with Crippen molar-refractivity contribution in [1.29, 1.82) is 0 Å². The number of nitrogens with zero attached hydrogens (tertiary/aromatic N) is 4. The normalized spacial score (nSPS) is 17.5. The Morgan fingerprint density at radius 1 is 1.33 bits per heavy atom. The SMILES string of the molecule is CN=C(NCc1cccc(CN2CCOC(C)C2)c1)N(C)Cc1cc(Cl)cn1C.I. The van der Waals surface area contributed by atoms with Crippen LogP contribution in [0.5, 0.6) is 0 Å². The second kappa shape index (κ2) is 11.9.